The predicted molar refractivity (Wildman–Crippen MR) is 86.3 cm³/mol. The zero-order chi connectivity index (χ0) is 17.2. The number of carboxylic acid groups (broad SMARTS) is 1. The van der Waals surface area contributed by atoms with E-state index in [1.54, 1.807) is 20.8 Å². The Morgan fingerprint density at radius 3 is 2.52 bits per heavy atom. The zero-order valence-corrected chi connectivity index (χ0v) is 14.0. The van der Waals surface area contributed by atoms with Gasteiger partial charge in [0.05, 0.1) is 6.04 Å². The standard InChI is InChI=1S/C17H24N2O4/c1-11-6-5-7-12(8-11)14(15(20)21)19-9-13(10-19)18-16(22)23-17(2,3)4/h5-8,13-14H,9-10H2,1-4H3,(H,18,22)(H,20,21)/t14-/m0/s1. The lowest BCUT2D eigenvalue weighted by atomic mass is 9.98. The van der Waals surface area contributed by atoms with Crippen LogP contribution in [0.3, 0.4) is 0 Å². The van der Waals surface area contributed by atoms with Gasteiger partial charge in [0.2, 0.25) is 0 Å². The average molecular weight is 320 g/mol. The summed E-state index contributed by atoms with van der Waals surface area (Å²) in [5.74, 6) is -0.883. The topological polar surface area (TPSA) is 78.9 Å². The van der Waals surface area contributed by atoms with E-state index in [1.807, 2.05) is 36.1 Å². The first-order chi connectivity index (χ1) is 10.7. The van der Waals surface area contributed by atoms with Crippen LogP contribution in [0.15, 0.2) is 24.3 Å². The molecule has 1 amide bonds. The maximum absolute atomic E-state index is 11.7. The van der Waals surface area contributed by atoms with Crippen molar-refractivity contribution in [3.8, 4) is 0 Å². The molecule has 1 aliphatic rings. The highest BCUT2D eigenvalue weighted by atomic mass is 16.6. The Morgan fingerprint density at radius 1 is 1.35 bits per heavy atom. The fourth-order valence-corrected chi connectivity index (χ4v) is 2.64. The molecule has 1 aromatic carbocycles. The van der Waals surface area contributed by atoms with E-state index >= 15 is 0 Å². The lowest BCUT2D eigenvalue weighted by Gasteiger charge is -2.43. The number of carbonyl (C=O) groups is 2. The number of rotatable bonds is 4. The molecule has 0 unspecified atom stereocenters. The van der Waals surface area contributed by atoms with Crippen LogP contribution in [0.5, 0.6) is 0 Å². The maximum Gasteiger partial charge on any atom is 0.407 e. The van der Waals surface area contributed by atoms with Crippen molar-refractivity contribution >= 4 is 12.1 Å². The van der Waals surface area contributed by atoms with Gasteiger partial charge < -0.3 is 15.2 Å². The number of alkyl carbamates (subject to hydrolysis) is 1. The molecule has 1 fully saturated rings. The van der Waals surface area contributed by atoms with Gasteiger partial charge in [-0.25, -0.2) is 4.79 Å². The van der Waals surface area contributed by atoms with Crippen LogP contribution in [-0.4, -0.2) is 46.8 Å². The van der Waals surface area contributed by atoms with Crippen molar-refractivity contribution < 1.29 is 19.4 Å². The molecule has 1 aromatic rings. The molecule has 2 rings (SSSR count). The Labute approximate surface area is 136 Å². The summed E-state index contributed by atoms with van der Waals surface area (Å²) in [6.07, 6.45) is -0.468. The zero-order valence-electron chi connectivity index (χ0n) is 14.0. The molecule has 1 heterocycles. The number of carboxylic acids is 1. The van der Waals surface area contributed by atoms with Crippen molar-refractivity contribution in [3.05, 3.63) is 35.4 Å². The minimum absolute atomic E-state index is 0.0866. The number of carbonyl (C=O) groups excluding carboxylic acids is 1. The number of nitrogens with zero attached hydrogens (tertiary/aromatic N) is 1. The minimum atomic E-state index is -0.883. The van der Waals surface area contributed by atoms with Gasteiger partial charge in [-0.1, -0.05) is 29.8 Å². The molecular formula is C17H24N2O4. The van der Waals surface area contributed by atoms with Crippen LogP contribution in [0.25, 0.3) is 0 Å². The summed E-state index contributed by atoms with van der Waals surface area (Å²) >= 11 is 0. The van der Waals surface area contributed by atoms with Gasteiger partial charge in [0.15, 0.2) is 0 Å². The van der Waals surface area contributed by atoms with Gasteiger partial charge in [0.1, 0.15) is 11.6 Å². The number of aryl methyl sites for hydroxylation is 1. The first-order valence-corrected chi connectivity index (χ1v) is 7.68. The Morgan fingerprint density at radius 2 is 2.00 bits per heavy atom. The van der Waals surface area contributed by atoms with E-state index in [4.69, 9.17) is 4.74 Å². The summed E-state index contributed by atoms with van der Waals surface area (Å²) in [6.45, 7) is 8.33. The summed E-state index contributed by atoms with van der Waals surface area (Å²) in [5, 5.41) is 12.3. The van der Waals surface area contributed by atoms with Crippen LogP contribution >= 0.6 is 0 Å². The molecule has 23 heavy (non-hydrogen) atoms. The van der Waals surface area contributed by atoms with Crippen molar-refractivity contribution in [3.63, 3.8) is 0 Å². The summed E-state index contributed by atoms with van der Waals surface area (Å²) in [4.78, 5) is 25.2. The molecule has 0 spiro atoms. The van der Waals surface area contributed by atoms with Gasteiger partial charge in [0.25, 0.3) is 0 Å². The van der Waals surface area contributed by atoms with Gasteiger partial charge in [0, 0.05) is 13.1 Å². The molecule has 0 saturated carbocycles. The summed E-state index contributed by atoms with van der Waals surface area (Å²) in [6, 6.07) is 6.72. The summed E-state index contributed by atoms with van der Waals surface area (Å²) in [7, 11) is 0. The second-order valence-corrected chi connectivity index (χ2v) is 6.95. The maximum atomic E-state index is 11.7. The Kier molecular flexibility index (Phi) is 4.94. The number of ether oxygens (including phenoxy) is 1. The first kappa shape index (κ1) is 17.3. The minimum Gasteiger partial charge on any atom is -0.480 e. The van der Waals surface area contributed by atoms with E-state index in [0.29, 0.717) is 13.1 Å². The number of benzene rings is 1. The molecule has 1 saturated heterocycles. The quantitative estimate of drug-likeness (QED) is 0.890. The smallest absolute Gasteiger partial charge is 0.407 e. The van der Waals surface area contributed by atoms with E-state index in [9.17, 15) is 14.7 Å². The monoisotopic (exact) mass is 320 g/mol. The van der Waals surface area contributed by atoms with Crippen LogP contribution in [0.4, 0.5) is 4.79 Å². The van der Waals surface area contributed by atoms with Crippen molar-refractivity contribution in [2.24, 2.45) is 0 Å². The number of amides is 1. The third kappa shape index (κ3) is 4.69. The fourth-order valence-electron chi connectivity index (χ4n) is 2.64. The number of hydrogen-bond donors (Lipinski definition) is 2. The van der Waals surface area contributed by atoms with Gasteiger partial charge in [-0.15, -0.1) is 0 Å². The third-order valence-corrected chi connectivity index (χ3v) is 3.59. The lowest BCUT2D eigenvalue weighted by molar-refractivity contribution is -0.145. The third-order valence-electron chi connectivity index (χ3n) is 3.59. The van der Waals surface area contributed by atoms with Crippen LogP contribution in [-0.2, 0) is 9.53 Å². The normalized spacial score (nSPS) is 17.2. The van der Waals surface area contributed by atoms with E-state index in [2.05, 4.69) is 5.32 Å². The predicted octanol–water partition coefficient (Wildman–Crippen LogP) is 2.33. The first-order valence-electron chi connectivity index (χ1n) is 7.68. The Balaban J connectivity index is 1.93. The molecule has 2 N–H and O–H groups in total. The Bertz CT molecular complexity index is 589. The second kappa shape index (κ2) is 6.58. The van der Waals surface area contributed by atoms with Crippen LogP contribution in [0.2, 0.25) is 0 Å². The van der Waals surface area contributed by atoms with E-state index < -0.39 is 23.7 Å². The molecule has 126 valence electrons. The van der Waals surface area contributed by atoms with Crippen LogP contribution in [0, 0.1) is 6.92 Å². The average Bonchev–Trinajstić information content (AvgIpc) is 2.33. The van der Waals surface area contributed by atoms with E-state index in [0.717, 1.165) is 11.1 Å². The molecule has 0 bridgehead atoms. The van der Waals surface area contributed by atoms with Crippen molar-refractivity contribution in [2.75, 3.05) is 13.1 Å². The van der Waals surface area contributed by atoms with Gasteiger partial charge in [-0.3, -0.25) is 9.69 Å². The number of likely N-dealkylation sites (tertiary alicyclic amines) is 1. The molecule has 6 nitrogen and oxygen atoms in total. The van der Waals surface area contributed by atoms with Gasteiger partial charge in [-0.2, -0.15) is 0 Å². The second-order valence-electron chi connectivity index (χ2n) is 6.95. The molecule has 1 aliphatic heterocycles. The van der Waals surface area contributed by atoms with Crippen LogP contribution < -0.4 is 5.32 Å². The summed E-state index contributed by atoms with van der Waals surface area (Å²) in [5.41, 5.74) is 1.24. The van der Waals surface area contributed by atoms with E-state index in [1.165, 1.54) is 0 Å². The fraction of sp³-hybridized carbons (Fsp3) is 0.529. The van der Waals surface area contributed by atoms with Gasteiger partial charge in [-0.05, 0) is 33.3 Å². The molecule has 0 aromatic heterocycles. The summed E-state index contributed by atoms with van der Waals surface area (Å²) < 4.78 is 5.20. The molecule has 1 atom stereocenters. The molecular weight excluding hydrogens is 296 g/mol. The molecule has 0 radical (unpaired) electrons. The SMILES string of the molecule is Cc1cccc([C@@H](C(=O)O)N2CC(NC(=O)OC(C)(C)C)C2)c1. The highest BCUT2D eigenvalue weighted by Crippen LogP contribution is 2.27. The number of nitrogens with one attached hydrogen (secondary N) is 1. The van der Waals surface area contributed by atoms with E-state index in [-0.39, 0.29) is 6.04 Å². The van der Waals surface area contributed by atoms with Crippen molar-refractivity contribution in [2.45, 2.75) is 45.4 Å². The number of aliphatic carboxylic acids is 1. The van der Waals surface area contributed by atoms with Gasteiger partial charge >= 0.3 is 12.1 Å². The largest absolute Gasteiger partial charge is 0.480 e. The van der Waals surface area contributed by atoms with Crippen molar-refractivity contribution in [1.82, 2.24) is 10.2 Å². The van der Waals surface area contributed by atoms with Crippen molar-refractivity contribution in [1.29, 1.82) is 0 Å². The molecule has 0 aliphatic carbocycles. The Hall–Kier alpha value is -2.08. The molecule has 6 heteroatoms. The van der Waals surface area contributed by atoms with Crippen LogP contribution in [0.1, 0.15) is 37.9 Å². The number of hydrogen-bond acceptors (Lipinski definition) is 4. The highest BCUT2D eigenvalue weighted by molar-refractivity contribution is 5.76. The lowest BCUT2D eigenvalue weighted by Crippen LogP contribution is -2.61. The highest BCUT2D eigenvalue weighted by Gasteiger charge is 2.38.